The molecule has 2 amide bonds. The summed E-state index contributed by atoms with van der Waals surface area (Å²) in [5.74, 6) is 0.302. The van der Waals surface area contributed by atoms with Gasteiger partial charge in [0.05, 0.1) is 12.6 Å². The summed E-state index contributed by atoms with van der Waals surface area (Å²) in [6.07, 6.45) is 9.30. The van der Waals surface area contributed by atoms with E-state index in [1.807, 2.05) is 35.2 Å². The van der Waals surface area contributed by atoms with Crippen molar-refractivity contribution in [3.63, 3.8) is 0 Å². The van der Waals surface area contributed by atoms with Gasteiger partial charge in [-0.2, -0.15) is 0 Å². The Kier molecular flexibility index (Phi) is 9.82. The Morgan fingerprint density at radius 3 is 2.68 bits per heavy atom. The zero-order valence-corrected chi connectivity index (χ0v) is 18.8. The molecule has 3 rings (SSSR count). The molecule has 1 aromatic rings. The van der Waals surface area contributed by atoms with Crippen molar-refractivity contribution in [3.8, 4) is 0 Å². The van der Waals surface area contributed by atoms with Crippen molar-refractivity contribution >= 4 is 11.8 Å². The smallest absolute Gasteiger partial charge is 0.234 e. The van der Waals surface area contributed by atoms with Crippen LogP contribution < -0.4 is 5.32 Å². The van der Waals surface area contributed by atoms with Crippen LogP contribution in [-0.4, -0.2) is 65.5 Å². The van der Waals surface area contributed by atoms with E-state index in [1.54, 1.807) is 0 Å². The van der Waals surface area contributed by atoms with Crippen LogP contribution in [0.2, 0.25) is 0 Å². The van der Waals surface area contributed by atoms with Crippen LogP contribution in [0.5, 0.6) is 0 Å². The van der Waals surface area contributed by atoms with E-state index in [1.165, 1.54) is 6.42 Å². The van der Waals surface area contributed by atoms with Crippen molar-refractivity contribution in [2.75, 3.05) is 32.7 Å². The average molecular weight is 430 g/mol. The number of nitrogens with one attached hydrogen (secondary N) is 1. The SMILES string of the molecule is O=C(CN1CCCCC[C@@H]1C[C@@H](O)c1ccccc1)NCCCN1CCCCCC1=O. The maximum absolute atomic E-state index is 12.6. The molecule has 0 aliphatic carbocycles. The summed E-state index contributed by atoms with van der Waals surface area (Å²) in [4.78, 5) is 28.9. The van der Waals surface area contributed by atoms with Crippen molar-refractivity contribution in [1.29, 1.82) is 0 Å². The lowest BCUT2D eigenvalue weighted by Crippen LogP contribution is -2.44. The van der Waals surface area contributed by atoms with Gasteiger partial charge >= 0.3 is 0 Å². The van der Waals surface area contributed by atoms with Gasteiger partial charge in [0.15, 0.2) is 0 Å². The Morgan fingerprint density at radius 1 is 1.06 bits per heavy atom. The van der Waals surface area contributed by atoms with Crippen LogP contribution >= 0.6 is 0 Å². The monoisotopic (exact) mass is 429 g/mol. The average Bonchev–Trinajstić information content (AvgIpc) is 3.12. The quantitative estimate of drug-likeness (QED) is 0.591. The molecule has 6 heteroatoms. The zero-order chi connectivity index (χ0) is 21.9. The number of hydrogen-bond donors (Lipinski definition) is 2. The number of nitrogens with zero attached hydrogens (tertiary/aromatic N) is 2. The Morgan fingerprint density at radius 2 is 1.84 bits per heavy atom. The van der Waals surface area contributed by atoms with E-state index in [4.69, 9.17) is 0 Å². The number of hydrogen-bond acceptors (Lipinski definition) is 4. The molecule has 2 fully saturated rings. The van der Waals surface area contributed by atoms with Gasteiger partial charge in [-0.15, -0.1) is 0 Å². The lowest BCUT2D eigenvalue weighted by Gasteiger charge is -2.31. The van der Waals surface area contributed by atoms with E-state index < -0.39 is 6.10 Å². The first-order chi connectivity index (χ1) is 15.1. The van der Waals surface area contributed by atoms with Gasteiger partial charge in [0, 0.05) is 32.1 Å². The summed E-state index contributed by atoms with van der Waals surface area (Å²) < 4.78 is 0. The molecule has 2 aliphatic heterocycles. The van der Waals surface area contributed by atoms with Crippen LogP contribution in [0, 0.1) is 0 Å². The lowest BCUT2D eigenvalue weighted by atomic mass is 9.98. The minimum atomic E-state index is -0.499. The van der Waals surface area contributed by atoms with E-state index >= 15 is 0 Å². The highest BCUT2D eigenvalue weighted by atomic mass is 16.3. The molecule has 1 aromatic carbocycles. The summed E-state index contributed by atoms with van der Waals surface area (Å²) >= 11 is 0. The molecule has 6 nitrogen and oxygen atoms in total. The van der Waals surface area contributed by atoms with Gasteiger partial charge in [-0.3, -0.25) is 14.5 Å². The molecule has 2 atom stereocenters. The molecule has 2 N–H and O–H groups in total. The maximum Gasteiger partial charge on any atom is 0.234 e. The standard InChI is InChI=1S/C25H39N3O3/c29-23(21-11-4-1-5-12-21)19-22-13-6-2-9-17-28(22)20-24(30)26-15-10-18-27-16-8-3-7-14-25(27)31/h1,4-5,11-12,22-23,29H,2-3,6-10,13-20H2,(H,26,30)/t22-,23-/m1/s1. The van der Waals surface area contributed by atoms with Crippen LogP contribution in [0.1, 0.15) is 75.9 Å². The summed E-state index contributed by atoms with van der Waals surface area (Å²) in [7, 11) is 0. The first-order valence-electron chi connectivity index (χ1n) is 12.1. The number of likely N-dealkylation sites (tertiary alicyclic amines) is 2. The van der Waals surface area contributed by atoms with Gasteiger partial charge in [0.25, 0.3) is 0 Å². The van der Waals surface area contributed by atoms with Gasteiger partial charge in [0.1, 0.15) is 0 Å². The highest BCUT2D eigenvalue weighted by Gasteiger charge is 2.26. The predicted molar refractivity (Wildman–Crippen MR) is 123 cm³/mol. The number of aliphatic hydroxyl groups excluding tert-OH is 1. The van der Waals surface area contributed by atoms with E-state index in [9.17, 15) is 14.7 Å². The van der Waals surface area contributed by atoms with Crippen molar-refractivity contribution in [3.05, 3.63) is 35.9 Å². The fraction of sp³-hybridized carbons (Fsp3) is 0.680. The minimum absolute atomic E-state index is 0.0447. The van der Waals surface area contributed by atoms with Gasteiger partial charge in [-0.1, -0.05) is 49.6 Å². The van der Waals surface area contributed by atoms with Crippen LogP contribution in [0.3, 0.4) is 0 Å². The number of carbonyl (C=O) groups excluding carboxylic acids is 2. The van der Waals surface area contributed by atoms with Gasteiger partial charge in [0.2, 0.25) is 11.8 Å². The second-order valence-corrected chi connectivity index (χ2v) is 9.03. The summed E-state index contributed by atoms with van der Waals surface area (Å²) in [6.45, 7) is 3.48. The zero-order valence-electron chi connectivity index (χ0n) is 18.8. The van der Waals surface area contributed by atoms with E-state index in [0.29, 0.717) is 25.9 Å². The molecular formula is C25H39N3O3. The summed E-state index contributed by atoms with van der Waals surface area (Å²) in [5.41, 5.74) is 0.944. The molecule has 0 unspecified atom stereocenters. The summed E-state index contributed by atoms with van der Waals surface area (Å²) in [5, 5.41) is 13.7. The summed E-state index contributed by atoms with van der Waals surface area (Å²) in [6, 6.07) is 10.0. The molecule has 2 heterocycles. The maximum atomic E-state index is 12.6. The Balaban J connectivity index is 1.43. The van der Waals surface area contributed by atoms with E-state index in [0.717, 1.165) is 70.1 Å². The van der Waals surface area contributed by atoms with Crippen LogP contribution in [-0.2, 0) is 9.59 Å². The first-order valence-corrected chi connectivity index (χ1v) is 12.1. The van der Waals surface area contributed by atoms with Crippen molar-refractivity contribution in [1.82, 2.24) is 15.1 Å². The first kappa shape index (κ1) is 23.7. The van der Waals surface area contributed by atoms with Crippen LogP contribution in [0.15, 0.2) is 30.3 Å². The normalized spacial score (nSPS) is 21.9. The largest absolute Gasteiger partial charge is 0.388 e. The third-order valence-corrected chi connectivity index (χ3v) is 6.62. The molecule has 0 aromatic heterocycles. The number of carbonyl (C=O) groups is 2. The number of benzene rings is 1. The predicted octanol–water partition coefficient (Wildman–Crippen LogP) is 3.26. The third kappa shape index (κ3) is 7.93. The van der Waals surface area contributed by atoms with Crippen molar-refractivity contribution < 1.29 is 14.7 Å². The highest BCUT2D eigenvalue weighted by Crippen LogP contribution is 2.26. The topological polar surface area (TPSA) is 72.9 Å². The number of aliphatic hydroxyl groups is 1. The second kappa shape index (κ2) is 12.8. The Bertz CT molecular complexity index is 682. The van der Waals surface area contributed by atoms with Crippen molar-refractivity contribution in [2.24, 2.45) is 0 Å². The third-order valence-electron chi connectivity index (χ3n) is 6.62. The van der Waals surface area contributed by atoms with E-state index in [-0.39, 0.29) is 17.9 Å². The fourth-order valence-corrected chi connectivity index (χ4v) is 4.79. The van der Waals surface area contributed by atoms with Crippen molar-refractivity contribution in [2.45, 2.75) is 76.4 Å². The van der Waals surface area contributed by atoms with Crippen LogP contribution in [0.4, 0.5) is 0 Å². The minimum Gasteiger partial charge on any atom is -0.388 e. The molecular weight excluding hydrogens is 390 g/mol. The van der Waals surface area contributed by atoms with E-state index in [2.05, 4.69) is 10.2 Å². The van der Waals surface area contributed by atoms with Crippen LogP contribution in [0.25, 0.3) is 0 Å². The molecule has 2 aliphatic rings. The molecule has 0 saturated carbocycles. The molecule has 0 bridgehead atoms. The number of rotatable bonds is 9. The van der Waals surface area contributed by atoms with Gasteiger partial charge in [-0.25, -0.2) is 0 Å². The molecule has 0 spiro atoms. The molecule has 0 radical (unpaired) electrons. The highest BCUT2D eigenvalue weighted by molar-refractivity contribution is 5.78. The van der Waals surface area contributed by atoms with Gasteiger partial charge in [-0.05, 0) is 50.6 Å². The molecule has 2 saturated heterocycles. The Hall–Kier alpha value is -1.92. The lowest BCUT2D eigenvalue weighted by molar-refractivity contribution is -0.130. The Labute approximate surface area is 187 Å². The van der Waals surface area contributed by atoms with Gasteiger partial charge < -0.3 is 15.3 Å². The second-order valence-electron chi connectivity index (χ2n) is 9.03. The molecule has 172 valence electrons. The molecule has 31 heavy (non-hydrogen) atoms. The fourth-order valence-electron chi connectivity index (χ4n) is 4.79. The number of amides is 2.